The van der Waals surface area contributed by atoms with Crippen molar-refractivity contribution in [2.24, 2.45) is 0 Å². The molecule has 11 nitrogen and oxygen atoms in total. The number of aliphatic hydroxyl groups is 7. The number of hydrogen-bond acceptors (Lipinski definition) is 10. The number of carbonyl (C=O) groups is 1. The zero-order chi connectivity index (χ0) is 44.8. The zero-order valence-electron chi connectivity index (χ0n) is 39.4. The van der Waals surface area contributed by atoms with Crippen LogP contribution in [0.2, 0.25) is 0 Å². The Kier molecular flexibility index (Phi) is 38.7. The fourth-order valence-electron chi connectivity index (χ4n) is 8.62. The minimum absolute atomic E-state index is 0.266. The van der Waals surface area contributed by atoms with E-state index in [0.717, 1.165) is 38.5 Å². The van der Waals surface area contributed by atoms with Crippen LogP contribution in [0.3, 0.4) is 0 Å². The largest absolute Gasteiger partial charge is 0.394 e. The third kappa shape index (κ3) is 30.0. The Morgan fingerprint density at radius 2 is 0.852 bits per heavy atom. The Balaban J connectivity index is 2.28. The maximum atomic E-state index is 13.1. The van der Waals surface area contributed by atoms with Gasteiger partial charge in [0.25, 0.3) is 0 Å². The molecule has 0 aromatic rings. The number of nitrogens with one attached hydrogen (secondary N) is 1. The second-order valence-electron chi connectivity index (χ2n) is 18.6. The maximum absolute atomic E-state index is 13.1. The van der Waals surface area contributed by atoms with Gasteiger partial charge in [-0.15, -0.1) is 0 Å². The number of hydrogen-bond donors (Lipinski definition) is 8. The third-order valence-electron chi connectivity index (χ3n) is 12.9. The molecule has 1 saturated heterocycles. The van der Waals surface area contributed by atoms with E-state index in [2.05, 4.69) is 19.2 Å². The molecule has 364 valence electrons. The summed E-state index contributed by atoms with van der Waals surface area (Å²) in [6.07, 6.45) is 31.7. The molecule has 1 heterocycles. The summed E-state index contributed by atoms with van der Waals surface area (Å²) in [6.45, 7) is 3.44. The van der Waals surface area contributed by atoms with Crippen molar-refractivity contribution < 1.29 is 50.0 Å². The molecule has 1 amide bonds. The Morgan fingerprint density at radius 3 is 1.21 bits per heavy atom. The van der Waals surface area contributed by atoms with Crippen LogP contribution in [-0.4, -0.2) is 110 Å². The fourth-order valence-corrected chi connectivity index (χ4v) is 8.62. The van der Waals surface area contributed by atoms with Gasteiger partial charge in [0, 0.05) is 0 Å². The number of carbonyl (C=O) groups excluding carboxylic acids is 1. The molecule has 9 unspecified atom stereocenters. The molecule has 1 fully saturated rings. The van der Waals surface area contributed by atoms with Crippen LogP contribution in [0.5, 0.6) is 0 Å². The van der Waals surface area contributed by atoms with Crippen molar-refractivity contribution in [3.8, 4) is 0 Å². The highest BCUT2D eigenvalue weighted by Crippen LogP contribution is 2.23. The normalized spacial score (nSPS) is 21.4. The van der Waals surface area contributed by atoms with Crippen molar-refractivity contribution >= 4 is 5.91 Å². The third-order valence-corrected chi connectivity index (χ3v) is 12.9. The molecule has 1 rings (SSSR count). The van der Waals surface area contributed by atoms with Gasteiger partial charge in [-0.2, -0.15) is 0 Å². The molecular formula is C50H99NO10. The van der Waals surface area contributed by atoms with E-state index in [-0.39, 0.29) is 6.42 Å². The van der Waals surface area contributed by atoms with E-state index in [4.69, 9.17) is 9.47 Å². The van der Waals surface area contributed by atoms with Crippen LogP contribution in [0.25, 0.3) is 0 Å². The van der Waals surface area contributed by atoms with Crippen LogP contribution in [0.1, 0.15) is 245 Å². The van der Waals surface area contributed by atoms with Crippen molar-refractivity contribution in [2.75, 3.05) is 13.2 Å². The van der Waals surface area contributed by atoms with E-state index in [1.54, 1.807) is 0 Å². The van der Waals surface area contributed by atoms with E-state index in [1.807, 2.05) is 0 Å². The standard InChI is InChI=1S/C50H99NO10/c1-3-5-7-9-11-13-15-16-17-18-19-20-21-22-23-24-25-26-27-28-30-32-34-36-38-43(54)49(59)51-41(40-60-50-48(58)47(57)46(56)44(39-52)61-50)45(55)42(53)37-35-33-31-29-14-12-10-8-6-4-2/h41-48,50,52-58H,3-40H2,1-2H3,(H,51,59). The van der Waals surface area contributed by atoms with Gasteiger partial charge in [-0.25, -0.2) is 0 Å². The number of unbranched alkanes of at least 4 members (excludes halogenated alkanes) is 32. The van der Waals surface area contributed by atoms with Crippen LogP contribution >= 0.6 is 0 Å². The molecule has 1 aliphatic rings. The SMILES string of the molecule is CCCCCCCCCCCCCCCCCCCCCCCCCCC(O)C(=O)NC(COC1OC(CO)C(O)C(O)C1O)C(O)C(O)CCCCCCCCCCCC. The van der Waals surface area contributed by atoms with Gasteiger partial charge in [-0.1, -0.05) is 232 Å². The second-order valence-corrected chi connectivity index (χ2v) is 18.6. The van der Waals surface area contributed by atoms with E-state index < -0.39 is 74.2 Å². The molecule has 61 heavy (non-hydrogen) atoms. The van der Waals surface area contributed by atoms with Gasteiger partial charge in [0.1, 0.15) is 36.6 Å². The average Bonchev–Trinajstić information content (AvgIpc) is 3.26. The zero-order valence-corrected chi connectivity index (χ0v) is 39.4. The molecule has 0 radical (unpaired) electrons. The summed E-state index contributed by atoms with van der Waals surface area (Å²) >= 11 is 0. The van der Waals surface area contributed by atoms with Crippen LogP contribution < -0.4 is 5.32 Å². The second kappa shape index (κ2) is 40.6. The highest BCUT2D eigenvalue weighted by Gasteiger charge is 2.44. The lowest BCUT2D eigenvalue weighted by atomic mass is 9.98. The molecule has 8 N–H and O–H groups in total. The predicted octanol–water partition coefficient (Wildman–Crippen LogP) is 9.45. The Bertz CT molecular complexity index is 959. The number of ether oxygens (including phenoxy) is 2. The topological polar surface area (TPSA) is 189 Å². The number of aliphatic hydroxyl groups excluding tert-OH is 7. The summed E-state index contributed by atoms with van der Waals surface area (Å²) in [5.74, 6) is -0.693. The monoisotopic (exact) mass is 874 g/mol. The Morgan fingerprint density at radius 1 is 0.508 bits per heavy atom. The van der Waals surface area contributed by atoms with Crippen molar-refractivity contribution in [3.05, 3.63) is 0 Å². The summed E-state index contributed by atoms with van der Waals surface area (Å²) in [7, 11) is 0. The van der Waals surface area contributed by atoms with Gasteiger partial charge in [0.15, 0.2) is 6.29 Å². The highest BCUT2D eigenvalue weighted by molar-refractivity contribution is 5.80. The molecule has 9 atom stereocenters. The van der Waals surface area contributed by atoms with Gasteiger partial charge >= 0.3 is 0 Å². The lowest BCUT2D eigenvalue weighted by molar-refractivity contribution is -0.303. The first-order chi connectivity index (χ1) is 29.7. The molecule has 1 aliphatic heterocycles. The number of amides is 1. The van der Waals surface area contributed by atoms with Crippen LogP contribution in [0.15, 0.2) is 0 Å². The van der Waals surface area contributed by atoms with Crippen LogP contribution in [0.4, 0.5) is 0 Å². The summed E-state index contributed by atoms with van der Waals surface area (Å²) < 4.78 is 11.1. The summed E-state index contributed by atoms with van der Waals surface area (Å²) in [5, 5.41) is 75.7. The maximum Gasteiger partial charge on any atom is 0.249 e. The average molecular weight is 874 g/mol. The number of rotatable bonds is 44. The van der Waals surface area contributed by atoms with E-state index >= 15 is 0 Å². The molecule has 0 bridgehead atoms. The minimum Gasteiger partial charge on any atom is -0.394 e. The molecule has 0 aliphatic carbocycles. The van der Waals surface area contributed by atoms with Gasteiger partial charge < -0.3 is 50.5 Å². The summed E-state index contributed by atoms with van der Waals surface area (Å²) in [6, 6.07) is -1.16. The lowest BCUT2D eigenvalue weighted by Crippen LogP contribution is -2.60. The summed E-state index contributed by atoms with van der Waals surface area (Å²) in [5.41, 5.74) is 0. The van der Waals surface area contributed by atoms with E-state index in [1.165, 1.54) is 167 Å². The van der Waals surface area contributed by atoms with Gasteiger partial charge in [0.05, 0.1) is 25.4 Å². The minimum atomic E-state index is -1.66. The predicted molar refractivity (Wildman–Crippen MR) is 247 cm³/mol. The van der Waals surface area contributed by atoms with Crippen molar-refractivity contribution in [1.29, 1.82) is 0 Å². The van der Waals surface area contributed by atoms with E-state index in [9.17, 15) is 40.5 Å². The smallest absolute Gasteiger partial charge is 0.249 e. The van der Waals surface area contributed by atoms with Crippen molar-refractivity contribution in [3.63, 3.8) is 0 Å². The van der Waals surface area contributed by atoms with Crippen molar-refractivity contribution in [1.82, 2.24) is 5.32 Å². The Hall–Kier alpha value is -0.890. The van der Waals surface area contributed by atoms with Gasteiger partial charge in [-0.05, 0) is 12.8 Å². The molecule has 0 saturated carbocycles. The quantitative estimate of drug-likeness (QED) is 0.0274. The molecule has 0 spiro atoms. The highest BCUT2D eigenvalue weighted by atomic mass is 16.7. The lowest BCUT2D eigenvalue weighted by Gasteiger charge is -2.40. The first-order valence-corrected chi connectivity index (χ1v) is 25.9. The van der Waals surface area contributed by atoms with Crippen LogP contribution in [0, 0.1) is 0 Å². The first-order valence-electron chi connectivity index (χ1n) is 25.9. The fraction of sp³-hybridized carbons (Fsp3) is 0.980. The molecule has 0 aromatic heterocycles. The van der Waals surface area contributed by atoms with Crippen molar-refractivity contribution in [2.45, 2.75) is 300 Å². The van der Waals surface area contributed by atoms with Gasteiger partial charge in [0.2, 0.25) is 5.91 Å². The molecule has 11 heteroatoms. The summed E-state index contributed by atoms with van der Waals surface area (Å²) in [4.78, 5) is 13.1. The van der Waals surface area contributed by atoms with Crippen LogP contribution in [-0.2, 0) is 14.3 Å². The first kappa shape index (κ1) is 58.1. The Labute approximate surface area is 373 Å². The van der Waals surface area contributed by atoms with E-state index in [0.29, 0.717) is 19.3 Å². The van der Waals surface area contributed by atoms with Gasteiger partial charge in [-0.3, -0.25) is 4.79 Å². The molecule has 0 aromatic carbocycles. The molecular weight excluding hydrogens is 775 g/mol.